The average molecular weight is 498 g/mol. The molecule has 7 nitrogen and oxygen atoms in total. The summed E-state index contributed by atoms with van der Waals surface area (Å²) < 4.78 is 27.4. The Morgan fingerprint density at radius 2 is 1.71 bits per heavy atom. The summed E-state index contributed by atoms with van der Waals surface area (Å²) in [4.78, 5) is 11.0. The lowest BCUT2D eigenvalue weighted by Gasteiger charge is -2.37. The van der Waals surface area contributed by atoms with E-state index in [1.807, 2.05) is 54.6 Å². The molecule has 2 aliphatic heterocycles. The van der Waals surface area contributed by atoms with Gasteiger partial charge in [-0.2, -0.15) is 0 Å². The van der Waals surface area contributed by atoms with Crippen LogP contribution in [0.5, 0.6) is 0 Å². The van der Waals surface area contributed by atoms with E-state index < -0.39 is 25.4 Å². The third-order valence-corrected chi connectivity index (χ3v) is 10.7. The number of hydrogen-bond acceptors (Lipinski definition) is 7. The van der Waals surface area contributed by atoms with Crippen LogP contribution in [-0.4, -0.2) is 42.2 Å². The van der Waals surface area contributed by atoms with Gasteiger partial charge in [-0.1, -0.05) is 54.2 Å². The first-order valence-corrected chi connectivity index (χ1v) is 13.8. The van der Waals surface area contributed by atoms with Crippen molar-refractivity contribution in [2.24, 2.45) is 5.92 Å². The van der Waals surface area contributed by atoms with Gasteiger partial charge in [0.05, 0.1) is 22.7 Å². The standard InChI is InChI=1S/C25H27N3O4S2/c29-23(30)15-25(27-21-9-3-4-10-22(21)28-25)33-24(19-8-5-13-26-16-19)34(31,32)20-12-11-17-6-1-2-7-18(17)14-20/h1-4,6-7,9-12,14,19,24,26-28H,5,8,13,15-16H2,(H,29,30). The Kier molecular flexibility index (Phi) is 6.18. The molecule has 2 unspecified atom stereocenters. The molecule has 4 N–H and O–H groups in total. The minimum atomic E-state index is -3.79. The maximum absolute atomic E-state index is 14.1. The third-order valence-electron chi connectivity index (χ3n) is 6.39. The number of fused-ring (bicyclic) bond motifs is 2. The molecule has 178 valence electrons. The number of rotatable bonds is 7. The van der Waals surface area contributed by atoms with Crippen LogP contribution < -0.4 is 16.0 Å². The summed E-state index contributed by atoms with van der Waals surface area (Å²) in [5.74, 6) is -1.17. The molecule has 2 atom stereocenters. The van der Waals surface area contributed by atoms with Gasteiger partial charge in [0.15, 0.2) is 14.8 Å². The summed E-state index contributed by atoms with van der Waals surface area (Å²) in [6, 6.07) is 20.3. The van der Waals surface area contributed by atoms with Gasteiger partial charge in [-0.25, -0.2) is 8.42 Å². The lowest BCUT2D eigenvalue weighted by molar-refractivity contribution is -0.137. The summed E-state index contributed by atoms with van der Waals surface area (Å²) in [5, 5.41) is 21.5. The molecule has 3 aromatic rings. The van der Waals surface area contributed by atoms with E-state index in [-0.39, 0.29) is 17.2 Å². The summed E-state index contributed by atoms with van der Waals surface area (Å²) >= 11 is 1.17. The highest BCUT2D eigenvalue weighted by molar-refractivity contribution is 8.14. The Morgan fingerprint density at radius 3 is 2.35 bits per heavy atom. The molecule has 3 aromatic carbocycles. The third kappa shape index (κ3) is 4.47. The number of carboxylic acid groups (broad SMARTS) is 1. The smallest absolute Gasteiger partial charge is 0.308 e. The number of para-hydroxylation sites is 2. The molecule has 5 rings (SSSR count). The van der Waals surface area contributed by atoms with Crippen LogP contribution in [0.1, 0.15) is 19.3 Å². The van der Waals surface area contributed by atoms with Crippen LogP contribution in [0, 0.1) is 5.92 Å². The van der Waals surface area contributed by atoms with E-state index in [1.54, 1.807) is 12.1 Å². The van der Waals surface area contributed by atoms with Gasteiger partial charge in [-0.05, 0) is 60.3 Å². The van der Waals surface area contributed by atoms with Crippen molar-refractivity contribution in [2.75, 3.05) is 23.7 Å². The number of carboxylic acids is 1. The number of thioether (sulfide) groups is 1. The highest BCUT2D eigenvalue weighted by atomic mass is 32.3. The Labute approximate surface area is 203 Å². The van der Waals surface area contributed by atoms with Gasteiger partial charge in [0.2, 0.25) is 0 Å². The fourth-order valence-corrected chi connectivity index (χ4v) is 9.03. The van der Waals surface area contributed by atoms with E-state index in [0.717, 1.165) is 41.5 Å². The summed E-state index contributed by atoms with van der Waals surface area (Å²) in [6.07, 6.45) is 1.35. The van der Waals surface area contributed by atoms with Crippen LogP contribution in [0.25, 0.3) is 10.8 Å². The minimum Gasteiger partial charge on any atom is -0.481 e. The molecule has 0 aliphatic carbocycles. The van der Waals surface area contributed by atoms with Crippen molar-refractivity contribution in [1.29, 1.82) is 0 Å². The normalized spacial score (nSPS) is 20.2. The fourth-order valence-electron chi connectivity index (χ4n) is 4.77. The molecule has 9 heteroatoms. The number of anilines is 2. The van der Waals surface area contributed by atoms with Crippen molar-refractivity contribution >= 4 is 49.7 Å². The summed E-state index contributed by atoms with van der Waals surface area (Å²) in [7, 11) is -3.79. The molecular weight excluding hydrogens is 470 g/mol. The van der Waals surface area contributed by atoms with E-state index in [0.29, 0.717) is 6.54 Å². The molecule has 1 saturated heterocycles. The van der Waals surface area contributed by atoms with Crippen LogP contribution in [0.2, 0.25) is 0 Å². The van der Waals surface area contributed by atoms with Crippen LogP contribution in [0.3, 0.4) is 0 Å². The molecule has 0 radical (unpaired) electrons. The van der Waals surface area contributed by atoms with Gasteiger partial charge in [0, 0.05) is 6.54 Å². The molecule has 0 amide bonds. The van der Waals surface area contributed by atoms with Gasteiger partial charge in [-0.3, -0.25) is 4.79 Å². The highest BCUT2D eigenvalue weighted by Crippen LogP contribution is 2.47. The van der Waals surface area contributed by atoms with E-state index in [4.69, 9.17) is 0 Å². The topological polar surface area (TPSA) is 108 Å². The van der Waals surface area contributed by atoms with Crippen LogP contribution >= 0.6 is 11.8 Å². The SMILES string of the molecule is O=C(O)CC1(SC(C2CCCNC2)S(=O)(=O)c2ccc3ccccc3c2)Nc2ccccc2N1. The lowest BCUT2D eigenvalue weighted by Crippen LogP contribution is -2.47. The second-order valence-corrected chi connectivity index (χ2v) is 12.6. The van der Waals surface area contributed by atoms with Gasteiger partial charge in [0.25, 0.3) is 0 Å². The number of piperidine rings is 1. The van der Waals surface area contributed by atoms with Gasteiger partial charge >= 0.3 is 5.97 Å². The Bertz CT molecular complexity index is 1300. The molecule has 34 heavy (non-hydrogen) atoms. The van der Waals surface area contributed by atoms with E-state index in [2.05, 4.69) is 16.0 Å². The number of sulfone groups is 1. The van der Waals surface area contributed by atoms with Crippen LogP contribution in [0.4, 0.5) is 11.4 Å². The molecule has 0 aromatic heterocycles. The zero-order chi connectivity index (χ0) is 23.8. The number of carbonyl (C=O) groups is 1. The predicted octanol–water partition coefficient (Wildman–Crippen LogP) is 4.34. The monoisotopic (exact) mass is 497 g/mol. The van der Waals surface area contributed by atoms with Crippen molar-refractivity contribution in [3.63, 3.8) is 0 Å². The summed E-state index contributed by atoms with van der Waals surface area (Å²) in [5.41, 5.74) is 1.53. The van der Waals surface area contributed by atoms with Crippen molar-refractivity contribution in [1.82, 2.24) is 5.32 Å². The molecule has 0 saturated carbocycles. The molecular formula is C25H27N3O4S2. The van der Waals surface area contributed by atoms with Gasteiger partial charge < -0.3 is 21.1 Å². The second-order valence-electron chi connectivity index (χ2n) is 8.84. The Hall–Kier alpha value is -2.75. The van der Waals surface area contributed by atoms with Crippen molar-refractivity contribution in [3.8, 4) is 0 Å². The van der Waals surface area contributed by atoms with Gasteiger partial charge in [0.1, 0.15) is 4.58 Å². The zero-order valence-electron chi connectivity index (χ0n) is 18.5. The van der Waals surface area contributed by atoms with Crippen LogP contribution in [-0.2, 0) is 14.6 Å². The van der Waals surface area contributed by atoms with Crippen molar-refractivity contribution < 1.29 is 18.3 Å². The number of aliphatic carboxylic acids is 1. The molecule has 0 bridgehead atoms. The Morgan fingerprint density at radius 1 is 1.03 bits per heavy atom. The number of benzene rings is 3. The lowest BCUT2D eigenvalue weighted by atomic mass is 10.0. The fraction of sp³-hybridized carbons (Fsp3) is 0.320. The average Bonchev–Trinajstić information content (AvgIpc) is 3.20. The van der Waals surface area contributed by atoms with E-state index >= 15 is 0 Å². The Balaban J connectivity index is 1.55. The molecule has 2 aliphatic rings. The second kappa shape index (κ2) is 9.13. The maximum Gasteiger partial charge on any atom is 0.308 e. The minimum absolute atomic E-state index is 0.159. The first-order chi connectivity index (χ1) is 16.4. The number of hydrogen-bond donors (Lipinski definition) is 4. The molecule has 0 spiro atoms. The zero-order valence-corrected chi connectivity index (χ0v) is 20.2. The van der Waals surface area contributed by atoms with Gasteiger partial charge in [-0.15, -0.1) is 0 Å². The first-order valence-electron chi connectivity index (χ1n) is 11.3. The molecule has 2 heterocycles. The summed E-state index contributed by atoms with van der Waals surface area (Å²) in [6.45, 7) is 1.42. The van der Waals surface area contributed by atoms with Crippen LogP contribution in [0.15, 0.2) is 71.6 Å². The van der Waals surface area contributed by atoms with E-state index in [9.17, 15) is 18.3 Å². The molecule has 1 fully saturated rings. The van der Waals surface area contributed by atoms with Crippen molar-refractivity contribution in [2.45, 2.75) is 33.7 Å². The van der Waals surface area contributed by atoms with E-state index in [1.165, 1.54) is 11.8 Å². The predicted molar refractivity (Wildman–Crippen MR) is 137 cm³/mol. The number of nitrogens with one attached hydrogen (secondary N) is 3. The highest BCUT2D eigenvalue weighted by Gasteiger charge is 2.47. The largest absolute Gasteiger partial charge is 0.481 e. The maximum atomic E-state index is 14.1. The van der Waals surface area contributed by atoms with Crippen molar-refractivity contribution in [3.05, 3.63) is 66.7 Å². The quantitative estimate of drug-likeness (QED) is 0.382. The first kappa shape index (κ1) is 23.0.